The van der Waals surface area contributed by atoms with Gasteiger partial charge in [0, 0.05) is 39.9 Å². The number of amides is 1. The Morgan fingerprint density at radius 1 is 1.42 bits per heavy atom. The summed E-state index contributed by atoms with van der Waals surface area (Å²) in [6.45, 7) is 2.07. The number of nitrogens with one attached hydrogen (secondary N) is 1. The number of likely N-dealkylation sites (N-methyl/N-ethyl adjacent to an activating group) is 1. The van der Waals surface area contributed by atoms with Gasteiger partial charge in [0.25, 0.3) is 5.91 Å². The fraction of sp³-hybridized carbons (Fsp3) is 0.571. The first-order valence-corrected chi connectivity index (χ1v) is 6.70. The fourth-order valence-electron chi connectivity index (χ4n) is 2.33. The van der Waals surface area contributed by atoms with E-state index in [9.17, 15) is 4.79 Å². The van der Waals surface area contributed by atoms with Crippen LogP contribution in [0, 0.1) is 0 Å². The Morgan fingerprint density at radius 2 is 2.21 bits per heavy atom. The zero-order valence-corrected chi connectivity index (χ0v) is 11.9. The van der Waals surface area contributed by atoms with E-state index in [1.807, 2.05) is 19.2 Å². The summed E-state index contributed by atoms with van der Waals surface area (Å²) in [4.78, 5) is 19.8. The molecule has 0 spiro atoms. The summed E-state index contributed by atoms with van der Waals surface area (Å²) in [5.41, 5.74) is 0.626. The Hall–Kier alpha value is -1.62. The zero-order valence-electron chi connectivity index (χ0n) is 11.9. The van der Waals surface area contributed by atoms with Crippen LogP contribution in [0.2, 0.25) is 0 Å². The van der Waals surface area contributed by atoms with Gasteiger partial charge in [-0.15, -0.1) is 0 Å². The maximum absolute atomic E-state index is 11.8. The lowest BCUT2D eigenvalue weighted by atomic mass is 10.2. The molecule has 1 aliphatic heterocycles. The summed E-state index contributed by atoms with van der Waals surface area (Å²) in [5.74, 6) is 0.892. The highest BCUT2D eigenvalue weighted by Crippen LogP contribution is 2.13. The molecule has 1 N–H and O–H groups in total. The molecule has 1 fully saturated rings. The van der Waals surface area contributed by atoms with E-state index in [1.54, 1.807) is 25.2 Å². The molecule has 2 rings (SSSR count). The Balaban J connectivity index is 1.99. The van der Waals surface area contributed by atoms with Crippen molar-refractivity contribution in [3.8, 4) is 0 Å². The van der Waals surface area contributed by atoms with Gasteiger partial charge in [-0.2, -0.15) is 0 Å². The van der Waals surface area contributed by atoms with E-state index in [2.05, 4.69) is 15.2 Å². The van der Waals surface area contributed by atoms with Crippen LogP contribution in [0.3, 0.4) is 0 Å². The van der Waals surface area contributed by atoms with Crippen LogP contribution in [0.1, 0.15) is 23.2 Å². The number of anilines is 1. The molecule has 1 unspecified atom stereocenters. The van der Waals surface area contributed by atoms with E-state index >= 15 is 0 Å². The van der Waals surface area contributed by atoms with E-state index in [4.69, 9.17) is 0 Å². The molecule has 1 saturated heterocycles. The van der Waals surface area contributed by atoms with Crippen molar-refractivity contribution in [2.45, 2.75) is 18.9 Å². The summed E-state index contributed by atoms with van der Waals surface area (Å²) in [5, 5.41) is 3.47. The van der Waals surface area contributed by atoms with Gasteiger partial charge in [-0.1, -0.05) is 0 Å². The lowest BCUT2D eigenvalue weighted by Gasteiger charge is -2.22. The summed E-state index contributed by atoms with van der Waals surface area (Å²) in [6, 6.07) is 4.30. The zero-order chi connectivity index (χ0) is 13.8. The van der Waals surface area contributed by atoms with E-state index < -0.39 is 0 Å². The lowest BCUT2D eigenvalue weighted by molar-refractivity contribution is 0.0827. The first kappa shape index (κ1) is 13.8. The third-order valence-electron chi connectivity index (χ3n) is 3.45. The first-order chi connectivity index (χ1) is 9.08. The highest BCUT2D eigenvalue weighted by Gasteiger charge is 2.17. The average molecular weight is 262 g/mol. The highest BCUT2D eigenvalue weighted by atomic mass is 16.2. The van der Waals surface area contributed by atoms with Gasteiger partial charge in [-0.25, -0.2) is 4.98 Å². The van der Waals surface area contributed by atoms with Crippen LogP contribution in [0.25, 0.3) is 0 Å². The summed E-state index contributed by atoms with van der Waals surface area (Å²) < 4.78 is 0. The summed E-state index contributed by atoms with van der Waals surface area (Å²) in [7, 11) is 5.53. The number of hydrogen-bond acceptors (Lipinski definition) is 4. The number of carbonyl (C=O) groups is 1. The fourth-order valence-corrected chi connectivity index (χ4v) is 2.33. The molecular formula is C14H22N4O. The Morgan fingerprint density at radius 3 is 2.74 bits per heavy atom. The van der Waals surface area contributed by atoms with Gasteiger partial charge in [0.2, 0.25) is 0 Å². The quantitative estimate of drug-likeness (QED) is 0.878. The van der Waals surface area contributed by atoms with Gasteiger partial charge in [0.1, 0.15) is 5.82 Å². The van der Waals surface area contributed by atoms with Crippen molar-refractivity contribution in [2.24, 2.45) is 0 Å². The predicted octanol–water partition coefficient (Wildman–Crippen LogP) is 0.972. The SMILES string of the molecule is CN(C)C(=O)c1ccc(N(C)CC2CCCN2)nc1. The third kappa shape index (κ3) is 3.44. The van der Waals surface area contributed by atoms with E-state index in [-0.39, 0.29) is 5.91 Å². The van der Waals surface area contributed by atoms with Crippen LogP contribution in [-0.2, 0) is 0 Å². The van der Waals surface area contributed by atoms with E-state index in [0.29, 0.717) is 11.6 Å². The molecule has 1 aromatic heterocycles. The van der Waals surface area contributed by atoms with Gasteiger partial charge in [-0.3, -0.25) is 4.79 Å². The Kier molecular flexibility index (Phi) is 4.37. The van der Waals surface area contributed by atoms with Gasteiger partial charge < -0.3 is 15.1 Å². The number of rotatable bonds is 4. The molecule has 0 bridgehead atoms. The Labute approximate surface area is 114 Å². The van der Waals surface area contributed by atoms with Crippen LogP contribution >= 0.6 is 0 Å². The van der Waals surface area contributed by atoms with Crippen molar-refractivity contribution in [2.75, 3.05) is 39.1 Å². The molecule has 1 aromatic rings. The van der Waals surface area contributed by atoms with Crippen LogP contribution in [-0.4, -0.2) is 56.1 Å². The minimum Gasteiger partial charge on any atom is -0.358 e. The smallest absolute Gasteiger partial charge is 0.254 e. The minimum absolute atomic E-state index is 0.0147. The van der Waals surface area contributed by atoms with E-state index in [0.717, 1.165) is 18.9 Å². The molecule has 5 nitrogen and oxygen atoms in total. The standard InChI is InChI=1S/C14H22N4O/c1-17(2)14(19)11-6-7-13(16-9-11)18(3)10-12-5-4-8-15-12/h6-7,9,12,15H,4-5,8,10H2,1-3H3. The van der Waals surface area contributed by atoms with Crippen molar-refractivity contribution in [3.63, 3.8) is 0 Å². The van der Waals surface area contributed by atoms with Gasteiger partial charge in [-0.05, 0) is 31.5 Å². The van der Waals surface area contributed by atoms with Crippen molar-refractivity contribution in [1.29, 1.82) is 0 Å². The van der Waals surface area contributed by atoms with Crippen LogP contribution in [0.15, 0.2) is 18.3 Å². The minimum atomic E-state index is -0.0147. The monoisotopic (exact) mass is 262 g/mol. The summed E-state index contributed by atoms with van der Waals surface area (Å²) >= 11 is 0. The summed E-state index contributed by atoms with van der Waals surface area (Å²) in [6.07, 6.45) is 4.12. The topological polar surface area (TPSA) is 48.5 Å². The van der Waals surface area contributed by atoms with Crippen molar-refractivity contribution in [3.05, 3.63) is 23.9 Å². The molecule has 0 radical (unpaired) electrons. The number of carbonyl (C=O) groups excluding carboxylic acids is 1. The maximum atomic E-state index is 11.8. The van der Waals surface area contributed by atoms with Crippen LogP contribution in [0.5, 0.6) is 0 Å². The molecule has 104 valence electrons. The maximum Gasteiger partial charge on any atom is 0.254 e. The first-order valence-electron chi connectivity index (χ1n) is 6.70. The predicted molar refractivity (Wildman–Crippen MR) is 76.5 cm³/mol. The largest absolute Gasteiger partial charge is 0.358 e. The molecule has 0 saturated carbocycles. The second-order valence-electron chi connectivity index (χ2n) is 5.28. The second-order valence-corrected chi connectivity index (χ2v) is 5.28. The molecule has 0 aromatic carbocycles. The lowest BCUT2D eigenvalue weighted by Crippen LogP contribution is -2.35. The molecule has 0 aliphatic carbocycles. The number of aromatic nitrogens is 1. The number of pyridine rings is 1. The van der Waals surface area contributed by atoms with Crippen LogP contribution in [0.4, 0.5) is 5.82 Å². The molecule has 2 heterocycles. The molecule has 1 amide bonds. The van der Waals surface area contributed by atoms with Crippen molar-refractivity contribution in [1.82, 2.24) is 15.2 Å². The number of nitrogens with zero attached hydrogens (tertiary/aromatic N) is 3. The van der Waals surface area contributed by atoms with Crippen molar-refractivity contribution < 1.29 is 4.79 Å². The Bertz CT molecular complexity index is 424. The van der Waals surface area contributed by atoms with Gasteiger partial charge >= 0.3 is 0 Å². The van der Waals surface area contributed by atoms with E-state index in [1.165, 1.54) is 12.8 Å². The third-order valence-corrected chi connectivity index (χ3v) is 3.45. The highest BCUT2D eigenvalue weighted by molar-refractivity contribution is 5.93. The van der Waals surface area contributed by atoms with Crippen LogP contribution < -0.4 is 10.2 Å². The average Bonchev–Trinajstić information content (AvgIpc) is 2.90. The molecule has 1 aliphatic rings. The van der Waals surface area contributed by atoms with Gasteiger partial charge in [0.05, 0.1) is 5.56 Å². The van der Waals surface area contributed by atoms with Crippen molar-refractivity contribution >= 4 is 11.7 Å². The van der Waals surface area contributed by atoms with Gasteiger partial charge in [0.15, 0.2) is 0 Å². The molecule has 19 heavy (non-hydrogen) atoms. The second kappa shape index (κ2) is 6.02. The molecular weight excluding hydrogens is 240 g/mol. The normalized spacial score (nSPS) is 18.4. The molecule has 1 atom stereocenters. The molecule has 5 heteroatoms. The number of hydrogen-bond donors (Lipinski definition) is 1.